The van der Waals surface area contributed by atoms with E-state index in [-0.39, 0.29) is 17.7 Å². The average Bonchev–Trinajstić information content (AvgIpc) is 3.17. The van der Waals surface area contributed by atoms with Gasteiger partial charge in [-0.05, 0) is 43.0 Å². The number of nitrogens with one attached hydrogen (secondary N) is 3. The summed E-state index contributed by atoms with van der Waals surface area (Å²) >= 11 is 1.17. The summed E-state index contributed by atoms with van der Waals surface area (Å²) in [5.74, 6) is 1.49. The van der Waals surface area contributed by atoms with Crippen LogP contribution in [0.15, 0.2) is 29.4 Å². The Balaban J connectivity index is 1.45. The number of urea groups is 1. The van der Waals surface area contributed by atoms with Crippen molar-refractivity contribution in [3.8, 4) is 17.1 Å². The lowest BCUT2D eigenvalue weighted by Gasteiger charge is -2.29. The summed E-state index contributed by atoms with van der Waals surface area (Å²) in [7, 11) is 1.61. The number of H-pyrrole nitrogens is 1. The van der Waals surface area contributed by atoms with E-state index in [0.717, 1.165) is 30.6 Å². The van der Waals surface area contributed by atoms with Gasteiger partial charge in [0.15, 0.2) is 5.82 Å². The molecule has 1 heterocycles. The Bertz CT molecular complexity index is 808. The number of rotatable bonds is 6. The Kier molecular flexibility index (Phi) is 6.91. The van der Waals surface area contributed by atoms with E-state index in [9.17, 15) is 9.59 Å². The van der Waals surface area contributed by atoms with Crippen LogP contribution in [0.2, 0.25) is 0 Å². The molecule has 1 aliphatic carbocycles. The summed E-state index contributed by atoms with van der Waals surface area (Å²) in [6.45, 7) is 2.13. The third-order valence-electron chi connectivity index (χ3n) is 4.84. The second-order valence-corrected chi connectivity index (χ2v) is 7.82. The first-order valence-electron chi connectivity index (χ1n) is 9.35. The van der Waals surface area contributed by atoms with E-state index in [1.807, 2.05) is 24.3 Å². The van der Waals surface area contributed by atoms with Gasteiger partial charge in [-0.25, -0.2) is 9.78 Å². The second-order valence-electron chi connectivity index (χ2n) is 6.87. The van der Waals surface area contributed by atoms with Crippen molar-refractivity contribution in [1.29, 1.82) is 0 Å². The third-order valence-corrected chi connectivity index (χ3v) is 5.69. The first kappa shape index (κ1) is 20.2. The Morgan fingerprint density at radius 1 is 1.25 bits per heavy atom. The van der Waals surface area contributed by atoms with Crippen LogP contribution in [0.1, 0.15) is 32.6 Å². The number of nitrogens with zero attached hydrogens (tertiary/aromatic N) is 2. The van der Waals surface area contributed by atoms with Gasteiger partial charge in [0, 0.05) is 11.6 Å². The van der Waals surface area contributed by atoms with Gasteiger partial charge >= 0.3 is 6.03 Å². The van der Waals surface area contributed by atoms with Crippen LogP contribution in [-0.2, 0) is 4.79 Å². The van der Waals surface area contributed by atoms with Crippen molar-refractivity contribution in [1.82, 2.24) is 25.8 Å². The van der Waals surface area contributed by atoms with Crippen LogP contribution in [0.3, 0.4) is 0 Å². The molecule has 1 fully saturated rings. The van der Waals surface area contributed by atoms with E-state index in [1.165, 1.54) is 18.2 Å². The van der Waals surface area contributed by atoms with Crippen LogP contribution >= 0.6 is 11.8 Å². The molecule has 0 unspecified atom stereocenters. The van der Waals surface area contributed by atoms with Crippen molar-refractivity contribution in [3.63, 3.8) is 0 Å². The first-order valence-corrected chi connectivity index (χ1v) is 10.3. The maximum Gasteiger partial charge on any atom is 0.321 e. The molecule has 0 saturated heterocycles. The highest BCUT2D eigenvalue weighted by Gasteiger charge is 2.23. The minimum Gasteiger partial charge on any atom is -0.497 e. The van der Waals surface area contributed by atoms with Gasteiger partial charge in [0.1, 0.15) is 5.75 Å². The number of aromatic nitrogens is 3. The molecule has 1 aliphatic rings. The van der Waals surface area contributed by atoms with E-state index in [1.54, 1.807) is 7.11 Å². The first-order chi connectivity index (χ1) is 13.5. The summed E-state index contributed by atoms with van der Waals surface area (Å²) in [6.07, 6.45) is 4.38. The van der Waals surface area contributed by atoms with Gasteiger partial charge in [0.2, 0.25) is 11.1 Å². The van der Waals surface area contributed by atoms with Crippen molar-refractivity contribution in [2.24, 2.45) is 5.92 Å². The monoisotopic (exact) mass is 403 g/mol. The van der Waals surface area contributed by atoms with Crippen molar-refractivity contribution in [2.45, 2.75) is 43.8 Å². The fourth-order valence-electron chi connectivity index (χ4n) is 3.22. The smallest absolute Gasteiger partial charge is 0.321 e. The molecular formula is C19H25N5O3S. The van der Waals surface area contributed by atoms with Gasteiger partial charge in [0.05, 0.1) is 12.9 Å². The molecule has 2 atom stereocenters. The summed E-state index contributed by atoms with van der Waals surface area (Å²) < 4.78 is 5.13. The molecule has 1 aromatic heterocycles. The lowest BCUT2D eigenvalue weighted by atomic mass is 9.86. The van der Waals surface area contributed by atoms with Crippen molar-refractivity contribution >= 4 is 23.7 Å². The Morgan fingerprint density at radius 3 is 2.71 bits per heavy atom. The van der Waals surface area contributed by atoms with Gasteiger partial charge in [-0.1, -0.05) is 31.5 Å². The van der Waals surface area contributed by atoms with E-state index >= 15 is 0 Å². The molecule has 0 radical (unpaired) electrons. The predicted octanol–water partition coefficient (Wildman–Crippen LogP) is 2.98. The normalized spacial score (nSPS) is 19.1. The van der Waals surface area contributed by atoms with Gasteiger partial charge in [-0.3, -0.25) is 15.2 Å². The number of benzene rings is 1. The topological polar surface area (TPSA) is 109 Å². The zero-order valence-corrected chi connectivity index (χ0v) is 16.8. The zero-order chi connectivity index (χ0) is 19.9. The van der Waals surface area contributed by atoms with E-state index < -0.39 is 6.03 Å². The van der Waals surface area contributed by atoms with Crippen LogP contribution in [0.4, 0.5) is 4.79 Å². The second kappa shape index (κ2) is 9.59. The number of hydrogen-bond acceptors (Lipinski definition) is 6. The molecule has 3 rings (SSSR count). The number of ether oxygens (including phenoxy) is 1. The van der Waals surface area contributed by atoms with Crippen LogP contribution < -0.4 is 15.4 Å². The summed E-state index contributed by atoms with van der Waals surface area (Å²) in [5.41, 5.74) is 0.866. The molecule has 1 saturated carbocycles. The maximum absolute atomic E-state index is 12.0. The summed E-state index contributed by atoms with van der Waals surface area (Å²) in [4.78, 5) is 28.4. The van der Waals surface area contributed by atoms with Gasteiger partial charge < -0.3 is 10.1 Å². The van der Waals surface area contributed by atoms with E-state index in [4.69, 9.17) is 4.74 Å². The molecule has 8 nitrogen and oxygen atoms in total. The summed E-state index contributed by atoms with van der Waals surface area (Å²) in [5, 5.41) is 12.7. The zero-order valence-electron chi connectivity index (χ0n) is 16.0. The van der Waals surface area contributed by atoms with E-state index in [0.29, 0.717) is 16.9 Å². The quantitative estimate of drug-likeness (QED) is 0.640. The molecule has 0 spiro atoms. The van der Waals surface area contributed by atoms with Crippen molar-refractivity contribution in [3.05, 3.63) is 24.3 Å². The number of thioether (sulfide) groups is 1. The Morgan fingerprint density at radius 2 is 2.00 bits per heavy atom. The average molecular weight is 404 g/mol. The number of carbonyl (C=O) groups excluding carboxylic acids is 2. The SMILES string of the molecule is COc1ccc(-c2nc(SCC(=O)NC(=O)N[C@H]3CCCC[C@H]3C)n[nH]2)cc1. The Hall–Kier alpha value is -2.55. The van der Waals surface area contributed by atoms with Crippen molar-refractivity contribution < 1.29 is 14.3 Å². The molecule has 3 amide bonds. The molecule has 2 aromatic rings. The maximum atomic E-state index is 12.0. The highest BCUT2D eigenvalue weighted by molar-refractivity contribution is 7.99. The molecular weight excluding hydrogens is 378 g/mol. The molecule has 150 valence electrons. The van der Waals surface area contributed by atoms with Crippen LogP contribution in [0.25, 0.3) is 11.4 Å². The lowest BCUT2D eigenvalue weighted by molar-refractivity contribution is -0.117. The van der Waals surface area contributed by atoms with Crippen LogP contribution in [0.5, 0.6) is 5.75 Å². The number of aromatic amines is 1. The molecule has 1 aromatic carbocycles. The number of carbonyl (C=O) groups is 2. The fraction of sp³-hybridized carbons (Fsp3) is 0.474. The highest BCUT2D eigenvalue weighted by atomic mass is 32.2. The van der Waals surface area contributed by atoms with Gasteiger partial charge in [-0.15, -0.1) is 5.10 Å². The number of hydrogen-bond donors (Lipinski definition) is 3. The van der Waals surface area contributed by atoms with Crippen molar-refractivity contribution in [2.75, 3.05) is 12.9 Å². The minimum absolute atomic E-state index is 0.0630. The summed E-state index contributed by atoms with van der Waals surface area (Å²) in [6, 6.07) is 7.12. The van der Waals surface area contributed by atoms with Gasteiger partial charge in [-0.2, -0.15) is 0 Å². The molecule has 0 aliphatic heterocycles. The third kappa shape index (κ3) is 5.48. The highest BCUT2D eigenvalue weighted by Crippen LogP contribution is 2.24. The number of amides is 3. The Labute approximate surface area is 168 Å². The number of imide groups is 1. The standard InChI is InChI=1S/C19H25N5O3S/c1-12-5-3-4-6-15(12)20-18(26)21-16(25)11-28-19-22-17(23-24-19)13-7-9-14(27-2)10-8-13/h7-10,12,15H,3-6,11H2,1-2H3,(H,22,23,24)(H2,20,21,25,26)/t12-,15+/m1/s1. The molecule has 3 N–H and O–H groups in total. The lowest BCUT2D eigenvalue weighted by Crippen LogP contribution is -2.48. The molecule has 9 heteroatoms. The number of methoxy groups -OCH3 is 1. The van der Waals surface area contributed by atoms with Crippen LogP contribution in [-0.4, -0.2) is 46.0 Å². The van der Waals surface area contributed by atoms with Crippen LogP contribution in [0, 0.1) is 5.92 Å². The largest absolute Gasteiger partial charge is 0.497 e. The molecule has 0 bridgehead atoms. The molecule has 28 heavy (non-hydrogen) atoms. The fourth-order valence-corrected chi connectivity index (χ4v) is 3.82. The predicted molar refractivity (Wildman–Crippen MR) is 107 cm³/mol. The van der Waals surface area contributed by atoms with Gasteiger partial charge in [0.25, 0.3) is 0 Å². The minimum atomic E-state index is -0.432. The van der Waals surface area contributed by atoms with E-state index in [2.05, 4.69) is 32.7 Å².